The third kappa shape index (κ3) is 5.36. The van der Waals surface area contributed by atoms with E-state index in [-0.39, 0.29) is 5.92 Å². The zero-order valence-electron chi connectivity index (χ0n) is 12.2. The molecule has 0 saturated heterocycles. The molecule has 112 valence electrons. The summed E-state index contributed by atoms with van der Waals surface area (Å²) in [5.41, 5.74) is 0.905. The Morgan fingerprint density at radius 1 is 1.45 bits per heavy atom. The monoisotopic (exact) mass is 300 g/mol. The third-order valence-corrected chi connectivity index (χ3v) is 2.87. The number of amides is 1. The van der Waals surface area contributed by atoms with Crippen LogP contribution in [0.2, 0.25) is 5.02 Å². The summed E-state index contributed by atoms with van der Waals surface area (Å²) in [6.45, 7) is 7.74. The van der Waals surface area contributed by atoms with Crippen LogP contribution in [0.1, 0.15) is 39.2 Å². The number of nitrogens with one attached hydrogen (secondary N) is 1. The highest BCUT2D eigenvalue weighted by atomic mass is 35.5. The first kappa shape index (κ1) is 16.8. The van der Waals surface area contributed by atoms with Gasteiger partial charge in [0.15, 0.2) is 0 Å². The molecule has 0 bridgehead atoms. The average molecular weight is 301 g/mol. The van der Waals surface area contributed by atoms with Gasteiger partial charge in [0, 0.05) is 5.92 Å². The lowest BCUT2D eigenvalue weighted by Gasteiger charge is -2.20. The Balaban J connectivity index is 2.84. The van der Waals surface area contributed by atoms with Crippen LogP contribution in [0, 0.1) is 0 Å². The quantitative estimate of drug-likeness (QED) is 0.832. The predicted octanol–water partition coefficient (Wildman–Crippen LogP) is 3.68. The summed E-state index contributed by atoms with van der Waals surface area (Å²) in [7, 11) is 0. The fraction of sp³-hybridized carbons (Fsp3) is 0.500. The van der Waals surface area contributed by atoms with Gasteiger partial charge in [-0.2, -0.15) is 0 Å². The number of halogens is 1. The SMILES string of the molecule is CC(CON)c1ccc(Cl)c(NC(=O)OC(C)(C)C)c1. The molecule has 1 amide bonds. The van der Waals surface area contributed by atoms with E-state index in [1.54, 1.807) is 32.9 Å². The molecule has 1 aromatic carbocycles. The molecule has 6 heteroatoms. The topological polar surface area (TPSA) is 73.6 Å². The highest BCUT2D eigenvalue weighted by Gasteiger charge is 2.17. The lowest BCUT2D eigenvalue weighted by atomic mass is 10.0. The number of rotatable bonds is 4. The van der Waals surface area contributed by atoms with Crippen molar-refractivity contribution in [3.63, 3.8) is 0 Å². The normalized spacial score (nSPS) is 12.9. The molecule has 0 spiro atoms. The van der Waals surface area contributed by atoms with Gasteiger partial charge in [0.25, 0.3) is 0 Å². The second kappa shape index (κ2) is 6.92. The summed E-state index contributed by atoms with van der Waals surface area (Å²) in [6, 6.07) is 5.37. The van der Waals surface area contributed by atoms with Crippen molar-refractivity contribution in [3.05, 3.63) is 28.8 Å². The Bertz CT molecular complexity index is 472. The van der Waals surface area contributed by atoms with E-state index in [0.29, 0.717) is 17.3 Å². The largest absolute Gasteiger partial charge is 0.444 e. The van der Waals surface area contributed by atoms with Gasteiger partial charge in [-0.3, -0.25) is 5.32 Å². The first-order chi connectivity index (χ1) is 9.23. The molecule has 0 saturated carbocycles. The molecular weight excluding hydrogens is 280 g/mol. The van der Waals surface area contributed by atoms with Crippen molar-refractivity contribution in [2.75, 3.05) is 11.9 Å². The lowest BCUT2D eigenvalue weighted by Crippen LogP contribution is -2.27. The zero-order valence-corrected chi connectivity index (χ0v) is 13.0. The molecule has 1 aromatic rings. The van der Waals surface area contributed by atoms with E-state index >= 15 is 0 Å². The molecule has 20 heavy (non-hydrogen) atoms. The molecule has 5 nitrogen and oxygen atoms in total. The number of benzene rings is 1. The summed E-state index contributed by atoms with van der Waals surface area (Å²) in [5, 5.41) is 3.08. The molecule has 3 N–H and O–H groups in total. The molecule has 0 radical (unpaired) electrons. The molecule has 0 fully saturated rings. The van der Waals surface area contributed by atoms with Crippen molar-refractivity contribution in [2.45, 2.75) is 39.2 Å². The van der Waals surface area contributed by atoms with Crippen LogP contribution < -0.4 is 11.2 Å². The van der Waals surface area contributed by atoms with Gasteiger partial charge in [0.1, 0.15) is 5.60 Å². The van der Waals surface area contributed by atoms with E-state index in [0.717, 1.165) is 5.56 Å². The standard InChI is InChI=1S/C14H21ClN2O3/c1-9(8-19-16)10-5-6-11(15)12(7-10)17-13(18)20-14(2,3)4/h5-7,9H,8,16H2,1-4H3,(H,17,18). The minimum absolute atomic E-state index is 0.0939. The first-order valence-electron chi connectivity index (χ1n) is 6.34. The number of ether oxygens (including phenoxy) is 1. The molecular formula is C14H21ClN2O3. The number of hydrogen-bond acceptors (Lipinski definition) is 4. The maximum Gasteiger partial charge on any atom is 0.412 e. The number of hydrogen-bond donors (Lipinski definition) is 2. The Labute approximate surface area is 124 Å². The maximum absolute atomic E-state index is 11.8. The predicted molar refractivity (Wildman–Crippen MR) is 79.9 cm³/mol. The van der Waals surface area contributed by atoms with E-state index in [4.69, 9.17) is 22.2 Å². The molecule has 0 aromatic heterocycles. The van der Waals surface area contributed by atoms with Gasteiger partial charge in [-0.25, -0.2) is 10.7 Å². The van der Waals surface area contributed by atoms with Crippen LogP contribution >= 0.6 is 11.6 Å². The second-order valence-electron chi connectivity index (χ2n) is 5.60. The lowest BCUT2D eigenvalue weighted by molar-refractivity contribution is 0.0636. The van der Waals surface area contributed by atoms with Crippen LogP contribution in [0.15, 0.2) is 18.2 Å². The van der Waals surface area contributed by atoms with Crippen LogP contribution in [0.25, 0.3) is 0 Å². The summed E-state index contributed by atoms with van der Waals surface area (Å²) in [6.07, 6.45) is -0.542. The zero-order chi connectivity index (χ0) is 15.3. The van der Waals surface area contributed by atoms with Crippen LogP contribution in [0.3, 0.4) is 0 Å². The minimum atomic E-state index is -0.561. The van der Waals surface area contributed by atoms with Crippen LogP contribution in [-0.2, 0) is 9.57 Å². The van der Waals surface area contributed by atoms with Crippen LogP contribution in [0.5, 0.6) is 0 Å². The second-order valence-corrected chi connectivity index (χ2v) is 6.01. The van der Waals surface area contributed by atoms with Gasteiger partial charge in [-0.05, 0) is 38.5 Å². The van der Waals surface area contributed by atoms with Gasteiger partial charge >= 0.3 is 6.09 Å². The van der Waals surface area contributed by atoms with Crippen LogP contribution in [-0.4, -0.2) is 18.3 Å². The van der Waals surface area contributed by atoms with E-state index in [9.17, 15) is 4.79 Å². The van der Waals surface area contributed by atoms with Crippen molar-refractivity contribution in [1.29, 1.82) is 0 Å². The fourth-order valence-electron chi connectivity index (χ4n) is 1.60. The smallest absolute Gasteiger partial charge is 0.412 e. The highest BCUT2D eigenvalue weighted by Crippen LogP contribution is 2.27. The molecule has 1 atom stereocenters. The van der Waals surface area contributed by atoms with E-state index < -0.39 is 11.7 Å². The Morgan fingerprint density at radius 3 is 2.65 bits per heavy atom. The number of anilines is 1. The maximum atomic E-state index is 11.8. The van der Waals surface area contributed by atoms with Crippen molar-refractivity contribution in [1.82, 2.24) is 0 Å². The van der Waals surface area contributed by atoms with Gasteiger partial charge in [0.2, 0.25) is 0 Å². The van der Waals surface area contributed by atoms with Crippen molar-refractivity contribution in [2.24, 2.45) is 5.90 Å². The number of carbonyl (C=O) groups excluding carboxylic acids is 1. The van der Waals surface area contributed by atoms with E-state index in [2.05, 4.69) is 10.2 Å². The Morgan fingerprint density at radius 2 is 2.10 bits per heavy atom. The minimum Gasteiger partial charge on any atom is -0.444 e. The van der Waals surface area contributed by atoms with Crippen LogP contribution in [0.4, 0.5) is 10.5 Å². The summed E-state index contributed by atoms with van der Waals surface area (Å²) in [4.78, 5) is 16.4. The molecule has 0 aliphatic rings. The van der Waals surface area contributed by atoms with E-state index in [1.807, 2.05) is 13.0 Å². The van der Waals surface area contributed by atoms with Gasteiger partial charge in [0.05, 0.1) is 17.3 Å². The van der Waals surface area contributed by atoms with Crippen molar-refractivity contribution < 1.29 is 14.4 Å². The fourth-order valence-corrected chi connectivity index (χ4v) is 1.76. The third-order valence-electron chi connectivity index (χ3n) is 2.54. The Hall–Kier alpha value is -1.30. The molecule has 0 aliphatic carbocycles. The number of carbonyl (C=O) groups is 1. The molecule has 0 heterocycles. The highest BCUT2D eigenvalue weighted by molar-refractivity contribution is 6.33. The van der Waals surface area contributed by atoms with Gasteiger partial charge in [-0.1, -0.05) is 24.6 Å². The molecule has 1 rings (SSSR count). The Kier molecular flexibility index (Phi) is 5.80. The van der Waals surface area contributed by atoms with Gasteiger partial charge in [-0.15, -0.1) is 0 Å². The number of nitrogens with two attached hydrogens (primary N) is 1. The molecule has 0 aliphatic heterocycles. The first-order valence-corrected chi connectivity index (χ1v) is 6.72. The average Bonchev–Trinajstić information content (AvgIpc) is 2.29. The van der Waals surface area contributed by atoms with Gasteiger partial charge < -0.3 is 9.57 Å². The van der Waals surface area contributed by atoms with Crippen molar-refractivity contribution in [3.8, 4) is 0 Å². The van der Waals surface area contributed by atoms with Crippen molar-refractivity contribution >= 4 is 23.4 Å². The summed E-state index contributed by atoms with van der Waals surface area (Å²) in [5.74, 6) is 5.16. The van der Waals surface area contributed by atoms with E-state index in [1.165, 1.54) is 0 Å². The summed E-state index contributed by atoms with van der Waals surface area (Å²) < 4.78 is 5.19. The molecule has 1 unspecified atom stereocenters. The summed E-state index contributed by atoms with van der Waals surface area (Å²) >= 11 is 6.07.